The Morgan fingerprint density at radius 2 is 1.78 bits per heavy atom. The molecular weight excluding hydrogens is 224 g/mol. The molecular formula is C15H18N2O. The molecule has 94 valence electrons. The van der Waals surface area contributed by atoms with E-state index in [0.29, 0.717) is 6.42 Å². The maximum atomic E-state index is 11.8. The second kappa shape index (κ2) is 4.77. The first kappa shape index (κ1) is 12.6. The molecule has 1 aromatic heterocycles. The van der Waals surface area contributed by atoms with Crippen LogP contribution < -0.4 is 5.56 Å². The number of aromatic nitrogens is 2. The van der Waals surface area contributed by atoms with Gasteiger partial charge in [0.25, 0.3) is 5.56 Å². The van der Waals surface area contributed by atoms with Gasteiger partial charge in [-0.1, -0.05) is 13.0 Å². The number of aromatic amines is 1. The van der Waals surface area contributed by atoms with E-state index in [1.807, 2.05) is 6.92 Å². The number of nitrogens with zero attached hydrogens (tertiary/aromatic N) is 1. The van der Waals surface area contributed by atoms with Crippen molar-refractivity contribution in [2.24, 2.45) is 0 Å². The molecule has 1 aromatic carbocycles. The van der Waals surface area contributed by atoms with E-state index in [9.17, 15) is 4.79 Å². The largest absolute Gasteiger partial charge is 0.313 e. The van der Waals surface area contributed by atoms with Crippen LogP contribution in [0.4, 0.5) is 0 Å². The maximum Gasteiger partial charge on any atom is 0.254 e. The molecule has 0 radical (unpaired) electrons. The molecule has 1 N–H and O–H groups in total. The SMILES string of the molecule is CCc1c(-c2cc(C)c(C)cc2C)nc[nH]c1=O. The summed E-state index contributed by atoms with van der Waals surface area (Å²) in [5.41, 5.74) is 6.22. The molecule has 0 fully saturated rings. The van der Waals surface area contributed by atoms with Crippen molar-refractivity contribution in [2.45, 2.75) is 34.1 Å². The van der Waals surface area contributed by atoms with E-state index in [0.717, 1.165) is 22.4 Å². The van der Waals surface area contributed by atoms with Gasteiger partial charge in [-0.25, -0.2) is 4.98 Å². The Hall–Kier alpha value is -1.90. The Morgan fingerprint density at radius 1 is 1.11 bits per heavy atom. The van der Waals surface area contributed by atoms with E-state index in [1.165, 1.54) is 17.5 Å². The van der Waals surface area contributed by atoms with Gasteiger partial charge in [0.15, 0.2) is 0 Å². The molecule has 0 aliphatic rings. The lowest BCUT2D eigenvalue weighted by Gasteiger charge is -2.11. The summed E-state index contributed by atoms with van der Waals surface area (Å²) in [7, 11) is 0. The van der Waals surface area contributed by atoms with Crippen LogP contribution in [0.3, 0.4) is 0 Å². The van der Waals surface area contributed by atoms with E-state index in [4.69, 9.17) is 0 Å². The number of aryl methyl sites for hydroxylation is 3. The van der Waals surface area contributed by atoms with Crippen LogP contribution in [0.2, 0.25) is 0 Å². The van der Waals surface area contributed by atoms with Crippen LogP contribution in [0, 0.1) is 20.8 Å². The van der Waals surface area contributed by atoms with Gasteiger partial charge in [-0.05, 0) is 49.9 Å². The Kier molecular flexibility index (Phi) is 3.32. The van der Waals surface area contributed by atoms with Crippen molar-refractivity contribution in [3.63, 3.8) is 0 Å². The fourth-order valence-electron chi connectivity index (χ4n) is 2.20. The summed E-state index contributed by atoms with van der Waals surface area (Å²) in [6.07, 6.45) is 2.16. The third kappa shape index (κ3) is 2.08. The summed E-state index contributed by atoms with van der Waals surface area (Å²) in [4.78, 5) is 18.8. The van der Waals surface area contributed by atoms with Gasteiger partial charge in [0.05, 0.1) is 12.0 Å². The van der Waals surface area contributed by atoms with Gasteiger partial charge in [-0.2, -0.15) is 0 Å². The minimum Gasteiger partial charge on any atom is -0.313 e. The van der Waals surface area contributed by atoms with Gasteiger partial charge < -0.3 is 4.98 Å². The van der Waals surface area contributed by atoms with E-state index < -0.39 is 0 Å². The fourth-order valence-corrected chi connectivity index (χ4v) is 2.20. The number of hydrogen-bond acceptors (Lipinski definition) is 2. The van der Waals surface area contributed by atoms with Gasteiger partial charge in [-0.3, -0.25) is 4.79 Å². The summed E-state index contributed by atoms with van der Waals surface area (Å²) in [5.74, 6) is 0. The molecule has 0 saturated carbocycles. The van der Waals surface area contributed by atoms with Gasteiger partial charge in [0.2, 0.25) is 0 Å². The van der Waals surface area contributed by atoms with Crippen molar-refractivity contribution in [3.8, 4) is 11.3 Å². The highest BCUT2D eigenvalue weighted by atomic mass is 16.1. The zero-order chi connectivity index (χ0) is 13.3. The highest BCUT2D eigenvalue weighted by Gasteiger charge is 2.12. The lowest BCUT2D eigenvalue weighted by Crippen LogP contribution is -2.14. The standard InChI is InChI=1S/C15H18N2O/c1-5-12-14(16-8-17-15(12)18)13-7-10(3)9(2)6-11(13)4/h6-8H,5H2,1-4H3,(H,16,17,18). The lowest BCUT2D eigenvalue weighted by molar-refractivity contribution is 1.01. The predicted molar refractivity (Wildman–Crippen MR) is 73.9 cm³/mol. The third-order valence-electron chi connectivity index (χ3n) is 3.40. The van der Waals surface area contributed by atoms with Gasteiger partial charge in [0, 0.05) is 11.1 Å². The molecule has 0 aliphatic heterocycles. The molecule has 0 spiro atoms. The van der Waals surface area contributed by atoms with Crippen LogP contribution in [0.15, 0.2) is 23.3 Å². The average molecular weight is 242 g/mol. The van der Waals surface area contributed by atoms with Crippen molar-refractivity contribution in [2.75, 3.05) is 0 Å². The second-order valence-electron chi connectivity index (χ2n) is 4.66. The molecule has 18 heavy (non-hydrogen) atoms. The Morgan fingerprint density at radius 3 is 2.44 bits per heavy atom. The van der Waals surface area contributed by atoms with E-state index in [-0.39, 0.29) is 5.56 Å². The quantitative estimate of drug-likeness (QED) is 0.880. The van der Waals surface area contributed by atoms with Crippen LogP contribution in [-0.4, -0.2) is 9.97 Å². The number of rotatable bonds is 2. The number of nitrogens with one attached hydrogen (secondary N) is 1. The predicted octanol–water partition coefficient (Wildman–Crippen LogP) is 2.92. The smallest absolute Gasteiger partial charge is 0.254 e. The minimum atomic E-state index is -0.0415. The number of H-pyrrole nitrogens is 1. The van der Waals surface area contributed by atoms with Crippen molar-refractivity contribution in [1.82, 2.24) is 9.97 Å². The normalized spacial score (nSPS) is 10.7. The summed E-state index contributed by atoms with van der Waals surface area (Å²) in [5, 5.41) is 0. The van der Waals surface area contributed by atoms with Gasteiger partial charge in [0.1, 0.15) is 0 Å². The summed E-state index contributed by atoms with van der Waals surface area (Å²) >= 11 is 0. The van der Waals surface area contributed by atoms with E-state index in [2.05, 4.69) is 42.9 Å². The third-order valence-corrected chi connectivity index (χ3v) is 3.40. The zero-order valence-corrected chi connectivity index (χ0v) is 11.3. The van der Waals surface area contributed by atoms with Crippen LogP contribution in [0.5, 0.6) is 0 Å². The average Bonchev–Trinajstić information content (AvgIpc) is 2.33. The summed E-state index contributed by atoms with van der Waals surface area (Å²) < 4.78 is 0. The Balaban J connectivity index is 2.73. The van der Waals surface area contributed by atoms with Crippen molar-refractivity contribution < 1.29 is 0 Å². The Labute approximate surface area is 107 Å². The molecule has 0 amide bonds. The maximum absolute atomic E-state index is 11.8. The molecule has 0 atom stereocenters. The fraction of sp³-hybridized carbons (Fsp3) is 0.333. The van der Waals surface area contributed by atoms with Crippen molar-refractivity contribution in [1.29, 1.82) is 0 Å². The summed E-state index contributed by atoms with van der Waals surface area (Å²) in [6.45, 7) is 8.21. The minimum absolute atomic E-state index is 0.0415. The van der Waals surface area contributed by atoms with Gasteiger partial charge in [-0.15, -0.1) is 0 Å². The highest BCUT2D eigenvalue weighted by molar-refractivity contribution is 5.67. The molecule has 1 heterocycles. The van der Waals surface area contributed by atoms with Crippen molar-refractivity contribution in [3.05, 3.63) is 51.1 Å². The first-order chi connectivity index (χ1) is 8.54. The second-order valence-corrected chi connectivity index (χ2v) is 4.66. The highest BCUT2D eigenvalue weighted by Crippen LogP contribution is 2.26. The van der Waals surface area contributed by atoms with Crippen LogP contribution in [0.25, 0.3) is 11.3 Å². The lowest BCUT2D eigenvalue weighted by atomic mass is 9.96. The van der Waals surface area contributed by atoms with Crippen LogP contribution >= 0.6 is 0 Å². The number of benzene rings is 1. The van der Waals surface area contributed by atoms with Gasteiger partial charge >= 0.3 is 0 Å². The molecule has 0 aliphatic carbocycles. The molecule has 3 heteroatoms. The molecule has 2 rings (SSSR count). The first-order valence-corrected chi connectivity index (χ1v) is 6.19. The Bertz CT molecular complexity index is 641. The molecule has 3 nitrogen and oxygen atoms in total. The molecule has 0 saturated heterocycles. The number of hydrogen-bond donors (Lipinski definition) is 1. The van der Waals surface area contributed by atoms with Crippen LogP contribution in [0.1, 0.15) is 29.2 Å². The van der Waals surface area contributed by atoms with Crippen LogP contribution in [-0.2, 0) is 6.42 Å². The molecule has 2 aromatic rings. The zero-order valence-electron chi connectivity index (χ0n) is 11.3. The first-order valence-electron chi connectivity index (χ1n) is 6.19. The van der Waals surface area contributed by atoms with E-state index >= 15 is 0 Å². The molecule has 0 bridgehead atoms. The molecule has 0 unspecified atom stereocenters. The summed E-state index contributed by atoms with van der Waals surface area (Å²) in [6, 6.07) is 4.26. The van der Waals surface area contributed by atoms with Crippen molar-refractivity contribution >= 4 is 0 Å². The monoisotopic (exact) mass is 242 g/mol. The van der Waals surface area contributed by atoms with E-state index in [1.54, 1.807) is 0 Å². The topological polar surface area (TPSA) is 45.8 Å².